The van der Waals surface area contributed by atoms with Crippen molar-refractivity contribution in [3.05, 3.63) is 58.6 Å². The highest BCUT2D eigenvalue weighted by atomic mass is 79.9. The van der Waals surface area contributed by atoms with E-state index in [0.717, 1.165) is 0 Å². The van der Waals surface area contributed by atoms with Crippen LogP contribution < -0.4 is 24.4 Å². The summed E-state index contributed by atoms with van der Waals surface area (Å²) in [6, 6.07) is 8.05. The van der Waals surface area contributed by atoms with Crippen molar-refractivity contribution in [1.29, 1.82) is 0 Å². The molecule has 0 aliphatic rings. The minimum atomic E-state index is -1.11. The van der Waals surface area contributed by atoms with Gasteiger partial charge in [0, 0.05) is 5.56 Å². The van der Waals surface area contributed by atoms with Crippen molar-refractivity contribution in [2.45, 2.75) is 6.92 Å². The highest BCUT2D eigenvalue weighted by molar-refractivity contribution is 9.10. The number of hydrazone groups is 1. The maximum absolute atomic E-state index is 12.5. The largest absolute Gasteiger partial charge is 0.493 e. The molecule has 9 nitrogen and oxygen atoms in total. The summed E-state index contributed by atoms with van der Waals surface area (Å²) in [4.78, 5) is 23.2. The second-order valence-corrected chi connectivity index (χ2v) is 6.96. The zero-order chi connectivity index (χ0) is 23.5. The summed E-state index contributed by atoms with van der Waals surface area (Å²) in [6.07, 6.45) is 3.03. The van der Waals surface area contributed by atoms with E-state index in [2.05, 4.69) is 33.0 Å². The van der Waals surface area contributed by atoms with Gasteiger partial charge in [0.15, 0.2) is 29.6 Å². The summed E-state index contributed by atoms with van der Waals surface area (Å²) >= 11 is 3.31. The third-order valence-electron chi connectivity index (χ3n) is 3.83. The predicted octanol–water partition coefficient (Wildman–Crippen LogP) is 3.65. The molecule has 0 spiro atoms. The number of nitrogens with one attached hydrogen (secondary N) is 1. The van der Waals surface area contributed by atoms with Crippen molar-refractivity contribution in [3.63, 3.8) is 0 Å². The van der Waals surface area contributed by atoms with Gasteiger partial charge in [-0.1, -0.05) is 12.7 Å². The Balaban J connectivity index is 2.12. The van der Waals surface area contributed by atoms with Crippen LogP contribution in [-0.4, -0.2) is 50.1 Å². The fourth-order valence-electron chi connectivity index (χ4n) is 2.50. The number of hydrogen-bond acceptors (Lipinski definition) is 7. The van der Waals surface area contributed by atoms with Crippen molar-refractivity contribution < 1.29 is 33.6 Å². The average Bonchev–Trinajstić information content (AvgIpc) is 2.77. The number of carboxylic acids is 1. The molecule has 10 heteroatoms. The highest BCUT2D eigenvalue weighted by Crippen LogP contribution is 2.36. The number of amides is 1. The Hall–Kier alpha value is -3.53. The summed E-state index contributed by atoms with van der Waals surface area (Å²) in [5, 5.41) is 12.7. The van der Waals surface area contributed by atoms with Crippen molar-refractivity contribution >= 4 is 34.0 Å². The molecule has 0 radical (unpaired) electrons. The van der Waals surface area contributed by atoms with E-state index in [1.54, 1.807) is 36.4 Å². The molecular weight excluding hydrogens is 484 g/mol. The smallest absolute Gasteiger partial charge is 0.341 e. The Kier molecular flexibility index (Phi) is 9.55. The molecule has 0 atom stereocenters. The molecule has 0 aromatic heterocycles. The third kappa shape index (κ3) is 7.02. The Morgan fingerprint density at radius 3 is 2.59 bits per heavy atom. The van der Waals surface area contributed by atoms with Crippen LogP contribution in [0.3, 0.4) is 0 Å². The fourth-order valence-corrected chi connectivity index (χ4v) is 3.08. The van der Waals surface area contributed by atoms with Crippen LogP contribution in [-0.2, 0) is 4.79 Å². The molecule has 0 aliphatic heterocycles. The third-order valence-corrected chi connectivity index (χ3v) is 4.42. The zero-order valence-corrected chi connectivity index (χ0v) is 19.2. The number of carbonyl (C=O) groups is 2. The van der Waals surface area contributed by atoms with Gasteiger partial charge in [0.1, 0.15) is 6.61 Å². The van der Waals surface area contributed by atoms with Gasteiger partial charge in [-0.2, -0.15) is 5.10 Å². The summed E-state index contributed by atoms with van der Waals surface area (Å²) in [6.45, 7) is 5.65. The van der Waals surface area contributed by atoms with E-state index in [1.807, 2.05) is 6.92 Å². The van der Waals surface area contributed by atoms with E-state index in [1.165, 1.54) is 13.3 Å². The van der Waals surface area contributed by atoms with E-state index in [9.17, 15) is 9.59 Å². The van der Waals surface area contributed by atoms with Crippen LogP contribution in [0.15, 0.2) is 52.6 Å². The van der Waals surface area contributed by atoms with Gasteiger partial charge >= 0.3 is 5.97 Å². The lowest BCUT2D eigenvalue weighted by atomic mass is 10.2. The summed E-state index contributed by atoms with van der Waals surface area (Å²) in [5.74, 6) is -0.0428. The molecule has 0 fully saturated rings. The molecule has 0 aliphatic carbocycles. The number of carbonyl (C=O) groups excluding carboxylic acids is 1. The van der Waals surface area contributed by atoms with Gasteiger partial charge in [-0.25, -0.2) is 10.2 Å². The molecule has 2 N–H and O–H groups in total. The van der Waals surface area contributed by atoms with E-state index in [0.29, 0.717) is 46.1 Å². The highest BCUT2D eigenvalue weighted by Gasteiger charge is 2.14. The molecule has 2 aromatic carbocycles. The molecule has 0 bridgehead atoms. The average molecular weight is 507 g/mol. The van der Waals surface area contributed by atoms with E-state index in [-0.39, 0.29) is 5.75 Å². The fraction of sp³-hybridized carbons (Fsp3) is 0.227. The van der Waals surface area contributed by atoms with Crippen LogP contribution in [0.2, 0.25) is 0 Å². The van der Waals surface area contributed by atoms with Gasteiger partial charge in [0.2, 0.25) is 0 Å². The van der Waals surface area contributed by atoms with Crippen molar-refractivity contribution in [1.82, 2.24) is 5.43 Å². The van der Waals surface area contributed by atoms with Crippen molar-refractivity contribution in [3.8, 4) is 23.0 Å². The number of carboxylic acid groups (broad SMARTS) is 1. The zero-order valence-electron chi connectivity index (χ0n) is 17.6. The molecule has 2 rings (SSSR count). The predicted molar refractivity (Wildman–Crippen MR) is 122 cm³/mol. The van der Waals surface area contributed by atoms with Crippen LogP contribution in [0.1, 0.15) is 22.8 Å². The number of halogens is 1. The Labute approximate surface area is 193 Å². The van der Waals surface area contributed by atoms with Gasteiger partial charge in [-0.3, -0.25) is 4.79 Å². The molecule has 0 heterocycles. The number of methoxy groups -OCH3 is 1. The van der Waals surface area contributed by atoms with Crippen LogP contribution >= 0.6 is 15.9 Å². The lowest BCUT2D eigenvalue weighted by Crippen LogP contribution is -2.17. The van der Waals surface area contributed by atoms with E-state index >= 15 is 0 Å². The minimum absolute atomic E-state index is 0.248. The first-order chi connectivity index (χ1) is 15.4. The number of hydrogen-bond donors (Lipinski definition) is 2. The van der Waals surface area contributed by atoms with E-state index < -0.39 is 18.5 Å². The standard InChI is InChI=1S/C22H23BrN2O7/c1-4-8-31-17-7-6-15(11-18(17)30-5-2)22(28)25-24-12-14-9-16(23)21(19(10-14)29-3)32-13-20(26)27/h4,6-7,9-12H,1,5,8,13H2,2-3H3,(H,25,28)(H,26,27)/b24-12+. The summed E-state index contributed by atoms with van der Waals surface area (Å²) in [7, 11) is 1.43. The maximum Gasteiger partial charge on any atom is 0.341 e. The number of nitrogens with zero attached hydrogens (tertiary/aromatic N) is 1. The normalized spacial score (nSPS) is 10.5. The monoisotopic (exact) mass is 506 g/mol. The van der Waals surface area contributed by atoms with Crippen molar-refractivity contribution in [2.75, 3.05) is 26.9 Å². The number of rotatable bonds is 12. The minimum Gasteiger partial charge on any atom is -0.493 e. The molecule has 0 unspecified atom stereocenters. The molecule has 0 saturated heterocycles. The molecule has 2 aromatic rings. The maximum atomic E-state index is 12.5. The summed E-state index contributed by atoms with van der Waals surface area (Å²) < 4.78 is 22.0. The second kappa shape index (κ2) is 12.4. The number of ether oxygens (including phenoxy) is 4. The second-order valence-electron chi connectivity index (χ2n) is 6.11. The van der Waals surface area contributed by atoms with Gasteiger partial charge < -0.3 is 24.1 Å². The van der Waals surface area contributed by atoms with Gasteiger partial charge in [0.25, 0.3) is 5.91 Å². The lowest BCUT2D eigenvalue weighted by molar-refractivity contribution is -0.139. The molecule has 0 saturated carbocycles. The SMILES string of the molecule is C=CCOc1ccc(C(=O)N/N=C/c2cc(Br)c(OCC(=O)O)c(OC)c2)cc1OCC. The first-order valence-corrected chi connectivity index (χ1v) is 10.2. The summed E-state index contributed by atoms with van der Waals surface area (Å²) in [5.41, 5.74) is 3.37. The first kappa shape index (κ1) is 24.7. The molecule has 32 heavy (non-hydrogen) atoms. The lowest BCUT2D eigenvalue weighted by Gasteiger charge is -2.12. The van der Waals surface area contributed by atoms with Gasteiger partial charge in [-0.15, -0.1) is 0 Å². The molecular formula is C22H23BrN2O7. The molecule has 1 amide bonds. The molecule has 170 valence electrons. The van der Waals surface area contributed by atoms with Crippen LogP contribution in [0.5, 0.6) is 23.0 Å². The van der Waals surface area contributed by atoms with Crippen molar-refractivity contribution in [2.24, 2.45) is 5.10 Å². The Bertz CT molecular complexity index is 1010. The van der Waals surface area contributed by atoms with Crippen LogP contribution in [0.4, 0.5) is 0 Å². The van der Waals surface area contributed by atoms with Gasteiger partial charge in [0.05, 0.1) is 24.4 Å². The number of aliphatic carboxylic acids is 1. The van der Waals surface area contributed by atoms with E-state index in [4.69, 9.17) is 24.1 Å². The first-order valence-electron chi connectivity index (χ1n) is 9.45. The Morgan fingerprint density at radius 1 is 1.16 bits per heavy atom. The van der Waals surface area contributed by atoms with Crippen LogP contribution in [0, 0.1) is 0 Å². The topological polar surface area (TPSA) is 116 Å². The van der Waals surface area contributed by atoms with Crippen LogP contribution in [0.25, 0.3) is 0 Å². The van der Waals surface area contributed by atoms with Gasteiger partial charge in [-0.05, 0) is 58.7 Å². The quantitative estimate of drug-likeness (QED) is 0.256. The Morgan fingerprint density at radius 2 is 1.94 bits per heavy atom. The number of benzene rings is 2.